The van der Waals surface area contributed by atoms with Gasteiger partial charge in [-0.1, -0.05) is 74.5 Å². The molecule has 2 aromatic carbocycles. The van der Waals surface area contributed by atoms with Gasteiger partial charge in [0.15, 0.2) is 24.6 Å². The number of hydrogen-bond acceptors (Lipinski definition) is 12. The van der Waals surface area contributed by atoms with E-state index in [-0.39, 0.29) is 19.8 Å². The second kappa shape index (κ2) is 17.5. The fourth-order valence-corrected chi connectivity index (χ4v) is 9.54. The molecule has 1 fully saturated rings. The molecule has 1 N–H and O–H groups in total. The molecule has 1 aliphatic heterocycles. The molecule has 0 radical (unpaired) electrons. The quantitative estimate of drug-likeness (QED) is 0.120. The Bertz CT molecular complexity index is 1280. The molecule has 258 valence electrons. The first-order valence-corrected chi connectivity index (χ1v) is 17.5. The molecule has 5 atom stereocenters. The van der Waals surface area contributed by atoms with E-state index < -0.39 is 67.9 Å². The molecule has 12 nitrogen and oxygen atoms in total. The molecule has 0 bridgehead atoms. The Labute approximate surface area is 276 Å². The molecule has 0 saturated carbocycles. The largest absolute Gasteiger partial charge is 0.463 e. The normalized spacial score (nSPS) is 21.4. The zero-order valence-electron chi connectivity index (χ0n) is 27.8. The summed E-state index contributed by atoms with van der Waals surface area (Å²) in [4.78, 5) is 59.8. The average molecular weight is 675 g/mol. The molecule has 0 spiro atoms. The molecule has 1 aliphatic rings. The molecule has 1 saturated heterocycles. The molecule has 0 amide bonds. The zero-order valence-corrected chi connectivity index (χ0v) is 28.8. The van der Waals surface area contributed by atoms with Crippen LogP contribution in [0.3, 0.4) is 0 Å². The van der Waals surface area contributed by atoms with E-state index >= 15 is 0 Å². The van der Waals surface area contributed by atoms with Crippen molar-refractivity contribution in [3.8, 4) is 0 Å². The Hall–Kier alpha value is -3.62. The summed E-state index contributed by atoms with van der Waals surface area (Å²) in [7, 11) is -3.14. The van der Waals surface area contributed by atoms with Gasteiger partial charge in [-0.3, -0.25) is 19.2 Å². The van der Waals surface area contributed by atoms with Crippen LogP contribution in [0.15, 0.2) is 60.7 Å². The summed E-state index contributed by atoms with van der Waals surface area (Å²) in [5.74, 6) is -2.76. The number of ether oxygens (including phenoxy) is 7. The van der Waals surface area contributed by atoms with Crippen LogP contribution in [0.25, 0.3) is 0 Å². The van der Waals surface area contributed by atoms with E-state index in [1.807, 2.05) is 60.7 Å². The predicted octanol–water partition coefficient (Wildman–Crippen LogP) is 2.42. The Morgan fingerprint density at radius 2 is 1.23 bits per heavy atom. The van der Waals surface area contributed by atoms with Crippen molar-refractivity contribution in [3.05, 3.63) is 60.7 Å². The minimum absolute atomic E-state index is 0.00382. The Morgan fingerprint density at radius 1 is 0.723 bits per heavy atom. The minimum atomic E-state index is -3.14. The lowest BCUT2D eigenvalue weighted by Crippen LogP contribution is -2.65. The monoisotopic (exact) mass is 674 g/mol. The third kappa shape index (κ3) is 10.4. The van der Waals surface area contributed by atoms with Gasteiger partial charge < -0.3 is 38.0 Å². The first-order valence-electron chi connectivity index (χ1n) is 15.6. The fraction of sp³-hybridized carbons (Fsp3) is 0.529. The van der Waals surface area contributed by atoms with E-state index in [9.17, 15) is 24.0 Å². The van der Waals surface area contributed by atoms with Crippen molar-refractivity contribution >= 4 is 42.6 Å². The van der Waals surface area contributed by atoms with Crippen LogP contribution in [-0.4, -0.2) is 94.1 Å². The van der Waals surface area contributed by atoms with E-state index in [4.69, 9.17) is 33.2 Å². The van der Waals surface area contributed by atoms with Gasteiger partial charge in [0.2, 0.25) is 0 Å². The van der Waals surface area contributed by atoms with Gasteiger partial charge in [0.1, 0.15) is 12.7 Å². The Kier molecular flexibility index (Phi) is 14.1. The van der Waals surface area contributed by atoms with Gasteiger partial charge in [-0.05, 0) is 28.3 Å². The minimum Gasteiger partial charge on any atom is -0.463 e. The summed E-state index contributed by atoms with van der Waals surface area (Å²) >= 11 is 0. The zero-order chi connectivity index (χ0) is 34.6. The van der Waals surface area contributed by atoms with Crippen LogP contribution < -0.4 is 10.4 Å². The van der Waals surface area contributed by atoms with Gasteiger partial charge in [0.25, 0.3) is 8.32 Å². The SMILES string of the molecule is CC(=O)OCC1O[C@@H](OCCOCCCC(C)(C)[Si](O)(c2ccccc2)c2ccccc2)C(OC(C)=O)C(OC(C)=O)[C@H]1OC(C)=O. The fourth-order valence-electron chi connectivity index (χ4n) is 5.75. The molecule has 1 heterocycles. The second-order valence-corrected chi connectivity index (χ2v) is 15.9. The summed E-state index contributed by atoms with van der Waals surface area (Å²) in [6.45, 7) is 9.05. The lowest BCUT2D eigenvalue weighted by atomic mass is 9.98. The topological polar surface area (TPSA) is 153 Å². The summed E-state index contributed by atoms with van der Waals surface area (Å²) in [5, 5.41) is 1.45. The summed E-state index contributed by atoms with van der Waals surface area (Å²) < 4.78 is 39.0. The van der Waals surface area contributed by atoms with Crippen LogP contribution >= 0.6 is 0 Å². The Balaban J connectivity index is 1.64. The number of carbonyl (C=O) groups excluding carboxylic acids is 4. The molecule has 0 aromatic heterocycles. The highest BCUT2D eigenvalue weighted by atomic mass is 28.4. The highest BCUT2D eigenvalue weighted by Gasteiger charge is 2.53. The van der Waals surface area contributed by atoms with Crippen LogP contribution in [0.1, 0.15) is 54.4 Å². The van der Waals surface area contributed by atoms with Crippen molar-refractivity contribution < 1.29 is 57.1 Å². The van der Waals surface area contributed by atoms with E-state index in [1.165, 1.54) is 6.92 Å². The average Bonchev–Trinajstić information content (AvgIpc) is 3.01. The lowest BCUT2D eigenvalue weighted by molar-refractivity contribution is -0.309. The third-order valence-electron chi connectivity index (χ3n) is 7.91. The van der Waals surface area contributed by atoms with Crippen LogP contribution in [0.2, 0.25) is 5.04 Å². The summed E-state index contributed by atoms with van der Waals surface area (Å²) in [5.41, 5.74) is 0. The molecule has 3 unspecified atom stereocenters. The summed E-state index contributed by atoms with van der Waals surface area (Å²) in [6.07, 6.45) is -4.86. The van der Waals surface area contributed by atoms with Crippen molar-refractivity contribution in [2.75, 3.05) is 26.4 Å². The maximum atomic E-state index is 12.3. The highest BCUT2D eigenvalue weighted by Crippen LogP contribution is 2.39. The molecular formula is C34H46O12Si. The molecule has 3 rings (SSSR count). The van der Waals surface area contributed by atoms with E-state index in [0.29, 0.717) is 19.4 Å². The van der Waals surface area contributed by atoms with Crippen molar-refractivity contribution in [2.24, 2.45) is 0 Å². The van der Waals surface area contributed by atoms with Crippen LogP contribution in [0.5, 0.6) is 0 Å². The third-order valence-corrected chi connectivity index (χ3v) is 12.5. The van der Waals surface area contributed by atoms with Crippen molar-refractivity contribution in [3.63, 3.8) is 0 Å². The molecule has 2 aromatic rings. The Morgan fingerprint density at radius 3 is 1.74 bits per heavy atom. The predicted molar refractivity (Wildman–Crippen MR) is 172 cm³/mol. The van der Waals surface area contributed by atoms with Gasteiger partial charge in [-0.25, -0.2) is 0 Å². The van der Waals surface area contributed by atoms with E-state index in [2.05, 4.69) is 13.8 Å². The maximum Gasteiger partial charge on any atom is 0.303 e. The van der Waals surface area contributed by atoms with Gasteiger partial charge in [0, 0.05) is 34.3 Å². The lowest BCUT2D eigenvalue weighted by Gasteiger charge is -2.44. The number of carbonyl (C=O) groups is 4. The molecule has 47 heavy (non-hydrogen) atoms. The van der Waals surface area contributed by atoms with Gasteiger partial charge in [-0.15, -0.1) is 0 Å². The van der Waals surface area contributed by atoms with Crippen LogP contribution in [-0.2, 0) is 52.3 Å². The van der Waals surface area contributed by atoms with Gasteiger partial charge in [0.05, 0.1) is 13.2 Å². The number of hydrogen-bond donors (Lipinski definition) is 1. The molecule has 0 aliphatic carbocycles. The highest BCUT2D eigenvalue weighted by molar-refractivity contribution is 6.98. The van der Waals surface area contributed by atoms with Crippen LogP contribution in [0.4, 0.5) is 0 Å². The first-order chi connectivity index (χ1) is 22.3. The van der Waals surface area contributed by atoms with Crippen molar-refractivity contribution in [1.82, 2.24) is 0 Å². The standard InChI is InChI=1S/C34H46O12Si/c1-23(35)42-22-29-30(43-24(2)36)31(44-25(3)37)32(45-26(4)38)33(46-29)41-21-20-40-19-13-18-34(5,6)47(39,27-14-9-7-10-15-27)28-16-11-8-12-17-28/h7-12,14-17,29-33,39H,13,18-22H2,1-6H3/t29?,30-,31?,32?,33+/m0/s1. The van der Waals surface area contributed by atoms with E-state index in [1.54, 1.807) is 0 Å². The van der Waals surface area contributed by atoms with Gasteiger partial charge in [-0.2, -0.15) is 0 Å². The maximum absolute atomic E-state index is 12.3. The molecular weight excluding hydrogens is 628 g/mol. The molecule has 13 heteroatoms. The van der Waals surface area contributed by atoms with E-state index in [0.717, 1.165) is 31.1 Å². The van der Waals surface area contributed by atoms with Crippen molar-refractivity contribution in [1.29, 1.82) is 0 Å². The second-order valence-electron chi connectivity index (χ2n) is 12.0. The van der Waals surface area contributed by atoms with Crippen molar-refractivity contribution in [2.45, 2.75) is 90.1 Å². The number of rotatable bonds is 16. The van der Waals surface area contributed by atoms with Crippen LogP contribution in [0, 0.1) is 0 Å². The first kappa shape index (κ1) is 37.8. The number of esters is 4. The smallest absolute Gasteiger partial charge is 0.303 e. The van der Waals surface area contributed by atoms with Gasteiger partial charge >= 0.3 is 23.9 Å². The number of benzene rings is 2. The summed E-state index contributed by atoms with van der Waals surface area (Å²) in [6, 6.07) is 19.6.